The normalized spacial score (nSPS) is 37.0. The lowest BCUT2D eigenvalue weighted by Crippen LogP contribution is -2.46. The molecule has 0 heterocycles. The summed E-state index contributed by atoms with van der Waals surface area (Å²) in [4.78, 5) is 17.7. The van der Waals surface area contributed by atoms with Gasteiger partial charge in [0.1, 0.15) is 0 Å². The lowest BCUT2D eigenvalue weighted by Gasteiger charge is -2.53. The molecule has 5 atom stereocenters. The van der Waals surface area contributed by atoms with E-state index >= 15 is 0 Å². The molecule has 0 saturated heterocycles. The first-order chi connectivity index (χ1) is 15.4. The zero-order valence-corrected chi connectivity index (χ0v) is 19.1. The van der Waals surface area contributed by atoms with E-state index in [1.54, 1.807) is 5.57 Å². The third kappa shape index (κ3) is 3.61. The molecule has 0 spiro atoms. The second kappa shape index (κ2) is 8.18. The van der Waals surface area contributed by atoms with Gasteiger partial charge in [0.25, 0.3) is 5.91 Å². The second-order valence-electron chi connectivity index (χ2n) is 10.5. The van der Waals surface area contributed by atoms with Gasteiger partial charge in [0, 0.05) is 11.1 Å². The highest BCUT2D eigenvalue weighted by Gasteiger charge is 2.55. The summed E-state index contributed by atoms with van der Waals surface area (Å²) in [6, 6.07) is 9.41. The number of anilines is 1. The number of aliphatic hydroxyl groups is 1. The van der Waals surface area contributed by atoms with Crippen molar-refractivity contribution < 1.29 is 14.7 Å². The molecule has 3 saturated carbocycles. The Hall–Kier alpha value is -2.40. The molecule has 0 aliphatic heterocycles. The van der Waals surface area contributed by atoms with Crippen LogP contribution in [0.15, 0.2) is 58.8 Å². The first-order valence-electron chi connectivity index (χ1n) is 12.0. The van der Waals surface area contributed by atoms with Crippen molar-refractivity contribution in [3.63, 3.8) is 0 Å². The van der Waals surface area contributed by atoms with E-state index in [1.807, 2.05) is 30.3 Å². The largest absolute Gasteiger partial charge is 0.393 e. The van der Waals surface area contributed by atoms with Gasteiger partial charge in [0.05, 0.1) is 11.8 Å². The Kier molecular flexibility index (Phi) is 5.48. The molecule has 4 aliphatic rings. The highest BCUT2D eigenvalue weighted by molar-refractivity contribution is 5.93. The maximum atomic E-state index is 12.2. The molecule has 0 radical (unpaired) electrons. The minimum absolute atomic E-state index is 0.00806. The standard InChI is InChI=1S/C27H34N2O3/c1-26-14-12-20(30)16-18(26)8-9-21-22-10-11-24(27(22,2)15-13-23(21)26)29-32-17-25(31)28-19-6-4-3-5-7-19/h3-9,20,22-23,30H,10-17H2,1-2H3,(H,28,31)/b29-24+/t20-,22-,23-,26-,27-/m0/s1. The molecule has 2 N–H and O–H groups in total. The van der Waals surface area contributed by atoms with E-state index in [-0.39, 0.29) is 29.4 Å². The summed E-state index contributed by atoms with van der Waals surface area (Å²) in [7, 11) is 0. The van der Waals surface area contributed by atoms with Crippen LogP contribution >= 0.6 is 0 Å². The van der Waals surface area contributed by atoms with E-state index < -0.39 is 0 Å². The zero-order chi connectivity index (χ0) is 22.3. The van der Waals surface area contributed by atoms with Gasteiger partial charge in [-0.05, 0) is 74.3 Å². The number of amides is 1. The summed E-state index contributed by atoms with van der Waals surface area (Å²) >= 11 is 0. The molecule has 0 aromatic heterocycles. The van der Waals surface area contributed by atoms with Crippen LogP contribution in [0.25, 0.3) is 0 Å². The summed E-state index contributed by atoms with van der Waals surface area (Å²) in [6.45, 7) is 4.68. The number of hydrogen-bond acceptors (Lipinski definition) is 4. The van der Waals surface area contributed by atoms with Crippen LogP contribution in [0, 0.1) is 22.7 Å². The Balaban J connectivity index is 1.28. The first kappa shape index (κ1) is 21.4. The van der Waals surface area contributed by atoms with Crippen LogP contribution in [0.3, 0.4) is 0 Å². The maximum absolute atomic E-state index is 12.2. The van der Waals surface area contributed by atoms with Crippen molar-refractivity contribution >= 4 is 17.3 Å². The molecule has 0 bridgehead atoms. The van der Waals surface area contributed by atoms with Crippen LogP contribution < -0.4 is 5.32 Å². The van der Waals surface area contributed by atoms with Gasteiger partial charge in [-0.25, -0.2) is 0 Å². The van der Waals surface area contributed by atoms with Crippen molar-refractivity contribution in [1.29, 1.82) is 0 Å². The minimum atomic E-state index is -0.191. The summed E-state index contributed by atoms with van der Waals surface area (Å²) < 4.78 is 0. The number of nitrogens with zero attached hydrogens (tertiary/aromatic N) is 1. The molecule has 5 rings (SSSR count). The second-order valence-corrected chi connectivity index (χ2v) is 10.5. The average molecular weight is 435 g/mol. The monoisotopic (exact) mass is 434 g/mol. The van der Waals surface area contributed by atoms with E-state index in [0.29, 0.717) is 11.8 Å². The average Bonchev–Trinajstić information content (AvgIpc) is 3.11. The van der Waals surface area contributed by atoms with Crippen LogP contribution in [-0.4, -0.2) is 29.4 Å². The van der Waals surface area contributed by atoms with Gasteiger partial charge in [-0.3, -0.25) is 4.79 Å². The Morgan fingerprint density at radius 1 is 1.09 bits per heavy atom. The van der Waals surface area contributed by atoms with Gasteiger partial charge in [0.15, 0.2) is 6.61 Å². The summed E-state index contributed by atoms with van der Waals surface area (Å²) in [5.74, 6) is 0.872. The van der Waals surface area contributed by atoms with Gasteiger partial charge in [-0.2, -0.15) is 0 Å². The number of benzene rings is 1. The number of rotatable bonds is 4. The van der Waals surface area contributed by atoms with Crippen LogP contribution in [0.4, 0.5) is 5.69 Å². The minimum Gasteiger partial charge on any atom is -0.393 e. The van der Waals surface area contributed by atoms with Crippen molar-refractivity contribution in [2.75, 3.05) is 11.9 Å². The summed E-state index contributed by atoms with van der Waals surface area (Å²) in [6.07, 6.45) is 11.6. The highest BCUT2D eigenvalue weighted by Crippen LogP contribution is 2.62. The molecular weight excluding hydrogens is 400 g/mol. The number of oxime groups is 1. The summed E-state index contributed by atoms with van der Waals surface area (Å²) in [5, 5.41) is 17.5. The van der Waals surface area contributed by atoms with E-state index in [1.165, 1.54) is 5.57 Å². The summed E-state index contributed by atoms with van der Waals surface area (Å²) in [5.41, 5.74) is 5.08. The van der Waals surface area contributed by atoms with Crippen molar-refractivity contribution in [3.05, 3.63) is 53.6 Å². The zero-order valence-electron chi connectivity index (χ0n) is 19.1. The Morgan fingerprint density at radius 2 is 1.84 bits per heavy atom. The van der Waals surface area contributed by atoms with Crippen molar-refractivity contribution in [1.82, 2.24) is 0 Å². The van der Waals surface area contributed by atoms with Crippen LogP contribution in [-0.2, 0) is 9.63 Å². The van der Waals surface area contributed by atoms with Crippen molar-refractivity contribution in [2.45, 2.75) is 64.9 Å². The first-order valence-corrected chi connectivity index (χ1v) is 12.0. The van der Waals surface area contributed by atoms with Gasteiger partial charge in [0.2, 0.25) is 0 Å². The molecule has 1 aromatic carbocycles. The molecule has 32 heavy (non-hydrogen) atoms. The fraction of sp³-hybridized carbons (Fsp3) is 0.556. The number of hydrogen-bond donors (Lipinski definition) is 2. The maximum Gasteiger partial charge on any atom is 0.265 e. The van der Waals surface area contributed by atoms with Gasteiger partial charge in [-0.1, -0.05) is 60.5 Å². The number of nitrogens with one attached hydrogen (secondary N) is 1. The van der Waals surface area contributed by atoms with Gasteiger partial charge in [-0.15, -0.1) is 0 Å². The van der Waals surface area contributed by atoms with Gasteiger partial charge < -0.3 is 15.3 Å². The van der Waals surface area contributed by atoms with Crippen LogP contribution in [0.1, 0.15) is 58.8 Å². The fourth-order valence-electron chi connectivity index (χ4n) is 6.82. The van der Waals surface area contributed by atoms with E-state index in [9.17, 15) is 9.90 Å². The number of carbonyl (C=O) groups is 1. The number of aliphatic hydroxyl groups excluding tert-OH is 1. The van der Waals surface area contributed by atoms with Crippen molar-refractivity contribution in [3.8, 4) is 0 Å². The SMILES string of the molecule is C[C@]12CC[C@H](O)CC1=CC=C1[C@@H]2CC[C@]2(C)/C(=N/OCC(=O)Nc3ccccc3)CC[C@@H]12. The predicted molar refractivity (Wildman–Crippen MR) is 126 cm³/mol. The molecule has 1 amide bonds. The number of para-hydroxylation sites is 1. The predicted octanol–water partition coefficient (Wildman–Crippen LogP) is 5.24. The molecule has 5 nitrogen and oxygen atoms in total. The van der Waals surface area contributed by atoms with E-state index in [4.69, 9.17) is 4.84 Å². The molecule has 5 heteroatoms. The topological polar surface area (TPSA) is 70.9 Å². The van der Waals surface area contributed by atoms with E-state index in [2.05, 4.69) is 36.5 Å². The Morgan fingerprint density at radius 3 is 2.66 bits per heavy atom. The fourth-order valence-corrected chi connectivity index (χ4v) is 6.82. The number of carbonyl (C=O) groups excluding carboxylic acids is 1. The third-order valence-corrected chi connectivity index (χ3v) is 8.72. The van der Waals surface area contributed by atoms with Gasteiger partial charge >= 0.3 is 0 Å². The molecule has 3 fully saturated rings. The molecular formula is C27H34N2O3. The van der Waals surface area contributed by atoms with E-state index in [0.717, 1.165) is 56.3 Å². The Labute approximate surface area is 190 Å². The molecule has 1 aromatic rings. The molecule has 4 aliphatic carbocycles. The van der Waals surface area contributed by atoms with Crippen LogP contribution in [0.2, 0.25) is 0 Å². The third-order valence-electron chi connectivity index (χ3n) is 8.72. The number of allylic oxidation sites excluding steroid dienone is 3. The molecule has 170 valence electrons. The van der Waals surface area contributed by atoms with Crippen LogP contribution in [0.5, 0.6) is 0 Å². The quantitative estimate of drug-likeness (QED) is 0.637. The highest BCUT2D eigenvalue weighted by atomic mass is 16.6. The Bertz CT molecular complexity index is 982. The smallest absolute Gasteiger partial charge is 0.265 e. The lowest BCUT2D eigenvalue weighted by molar-refractivity contribution is -0.120. The number of fused-ring (bicyclic) bond motifs is 5. The van der Waals surface area contributed by atoms with Crippen molar-refractivity contribution in [2.24, 2.45) is 27.8 Å². The lowest BCUT2D eigenvalue weighted by atomic mass is 9.51. The molecule has 0 unspecified atom stereocenters.